The minimum atomic E-state index is -0.330. The second-order valence-corrected chi connectivity index (χ2v) is 2.87. The van der Waals surface area contributed by atoms with Crippen molar-refractivity contribution in [3.05, 3.63) is 0 Å². The maximum Gasteiger partial charge on any atom is 0.0636 e. The van der Waals surface area contributed by atoms with Crippen LogP contribution in [-0.4, -0.2) is 53.8 Å². The van der Waals surface area contributed by atoms with Crippen LogP contribution in [0.5, 0.6) is 0 Å². The lowest BCUT2D eigenvalue weighted by Crippen LogP contribution is -2.30. The molecule has 0 aromatic rings. The molecule has 0 bridgehead atoms. The molecule has 0 aliphatic heterocycles. The Morgan fingerprint density at radius 3 is 1.62 bits per heavy atom. The molecule has 0 fully saturated rings. The van der Waals surface area contributed by atoms with E-state index in [0.29, 0.717) is 19.6 Å². The first-order chi connectivity index (χ1) is 6.04. The number of nitrogens with two attached hydrogens (primary N) is 1. The Morgan fingerprint density at radius 2 is 1.46 bits per heavy atom. The van der Waals surface area contributed by atoms with Gasteiger partial charge in [-0.1, -0.05) is 0 Å². The van der Waals surface area contributed by atoms with Crippen LogP contribution in [0.15, 0.2) is 0 Å². The maximum atomic E-state index is 8.72. The van der Waals surface area contributed by atoms with E-state index in [1.165, 1.54) is 0 Å². The summed E-state index contributed by atoms with van der Waals surface area (Å²) in [6.07, 6.45) is -0.660. The lowest BCUT2D eigenvalue weighted by atomic mass is 10.3. The molecular formula is C8H22N2O3. The van der Waals surface area contributed by atoms with Crippen molar-refractivity contribution in [2.45, 2.75) is 26.1 Å². The first-order valence-electron chi connectivity index (χ1n) is 4.42. The molecule has 0 rings (SSSR count). The van der Waals surface area contributed by atoms with E-state index in [-0.39, 0.29) is 18.8 Å². The van der Waals surface area contributed by atoms with E-state index < -0.39 is 0 Å². The molecule has 5 nitrogen and oxygen atoms in total. The van der Waals surface area contributed by atoms with Gasteiger partial charge in [-0.15, -0.1) is 0 Å². The Morgan fingerprint density at radius 1 is 1.15 bits per heavy atom. The SMILES string of the molecule is CC(O)CNCC(C)O.NCCO. The summed E-state index contributed by atoms with van der Waals surface area (Å²) in [6, 6.07) is 0. The lowest BCUT2D eigenvalue weighted by Gasteiger charge is -2.07. The van der Waals surface area contributed by atoms with Gasteiger partial charge in [0.05, 0.1) is 18.8 Å². The predicted molar refractivity (Wildman–Crippen MR) is 52.4 cm³/mol. The smallest absolute Gasteiger partial charge is 0.0636 e. The second-order valence-electron chi connectivity index (χ2n) is 2.87. The number of aliphatic hydroxyl groups excluding tert-OH is 3. The first kappa shape index (κ1) is 15.3. The average Bonchev–Trinajstić information content (AvgIpc) is 2.03. The Hall–Kier alpha value is -0.200. The number of hydrogen-bond acceptors (Lipinski definition) is 5. The molecule has 0 saturated heterocycles. The largest absolute Gasteiger partial charge is 0.395 e. The Bertz CT molecular complexity index is 79.5. The van der Waals surface area contributed by atoms with Crippen molar-refractivity contribution < 1.29 is 15.3 Å². The summed E-state index contributed by atoms with van der Waals surface area (Å²) >= 11 is 0. The predicted octanol–water partition coefficient (Wildman–Crippen LogP) is -1.72. The molecule has 0 heterocycles. The highest BCUT2D eigenvalue weighted by Crippen LogP contribution is 1.77. The van der Waals surface area contributed by atoms with Crippen LogP contribution in [0.3, 0.4) is 0 Å². The van der Waals surface area contributed by atoms with E-state index in [9.17, 15) is 0 Å². The van der Waals surface area contributed by atoms with Crippen molar-refractivity contribution in [1.29, 1.82) is 0 Å². The fraction of sp³-hybridized carbons (Fsp3) is 1.00. The zero-order chi connectivity index (χ0) is 10.7. The van der Waals surface area contributed by atoms with Crippen molar-refractivity contribution >= 4 is 0 Å². The molecule has 5 heteroatoms. The molecule has 0 amide bonds. The van der Waals surface area contributed by atoms with Gasteiger partial charge in [0.15, 0.2) is 0 Å². The summed E-state index contributed by atoms with van der Waals surface area (Å²) in [7, 11) is 0. The number of nitrogens with one attached hydrogen (secondary N) is 1. The summed E-state index contributed by atoms with van der Waals surface area (Å²) < 4.78 is 0. The normalized spacial score (nSPS) is 14.3. The third-order valence-corrected chi connectivity index (χ3v) is 1.01. The second kappa shape index (κ2) is 11.8. The van der Waals surface area contributed by atoms with Crippen LogP contribution in [0, 0.1) is 0 Å². The third kappa shape index (κ3) is 24.5. The molecule has 0 aromatic heterocycles. The molecule has 13 heavy (non-hydrogen) atoms. The zero-order valence-corrected chi connectivity index (χ0v) is 8.40. The zero-order valence-electron chi connectivity index (χ0n) is 8.40. The lowest BCUT2D eigenvalue weighted by molar-refractivity contribution is 0.164. The molecule has 2 atom stereocenters. The molecule has 0 saturated carbocycles. The van der Waals surface area contributed by atoms with Crippen LogP contribution in [0.1, 0.15) is 13.8 Å². The van der Waals surface area contributed by atoms with Crippen LogP contribution < -0.4 is 11.1 Å². The van der Waals surface area contributed by atoms with Gasteiger partial charge in [0.25, 0.3) is 0 Å². The molecule has 0 radical (unpaired) electrons. The van der Waals surface area contributed by atoms with Crippen molar-refractivity contribution in [3.8, 4) is 0 Å². The van der Waals surface area contributed by atoms with Gasteiger partial charge in [0, 0.05) is 19.6 Å². The summed E-state index contributed by atoms with van der Waals surface area (Å²) in [6.45, 7) is 4.97. The van der Waals surface area contributed by atoms with Gasteiger partial charge in [0.2, 0.25) is 0 Å². The van der Waals surface area contributed by atoms with Crippen molar-refractivity contribution in [3.63, 3.8) is 0 Å². The number of hydrogen-bond donors (Lipinski definition) is 5. The quantitative estimate of drug-likeness (QED) is 0.358. The molecular weight excluding hydrogens is 172 g/mol. The van der Waals surface area contributed by atoms with E-state index >= 15 is 0 Å². The standard InChI is InChI=1S/C6H15NO2.C2H7NO/c1-5(8)3-7-4-6(2)9;3-1-2-4/h5-9H,3-4H2,1-2H3;4H,1-3H2. The minimum Gasteiger partial charge on any atom is -0.395 e. The molecule has 0 aromatic carbocycles. The van der Waals surface area contributed by atoms with Gasteiger partial charge in [-0.25, -0.2) is 0 Å². The van der Waals surface area contributed by atoms with Crippen LogP contribution in [0.25, 0.3) is 0 Å². The topological polar surface area (TPSA) is 98.7 Å². The molecule has 6 N–H and O–H groups in total. The average molecular weight is 194 g/mol. The highest BCUT2D eigenvalue weighted by Gasteiger charge is 1.96. The van der Waals surface area contributed by atoms with Crippen LogP contribution in [-0.2, 0) is 0 Å². The first-order valence-corrected chi connectivity index (χ1v) is 4.42. The molecule has 0 spiro atoms. The van der Waals surface area contributed by atoms with Gasteiger partial charge >= 0.3 is 0 Å². The summed E-state index contributed by atoms with van der Waals surface area (Å²) in [5, 5.41) is 28.1. The monoisotopic (exact) mass is 194 g/mol. The summed E-state index contributed by atoms with van der Waals surface area (Å²) in [5.41, 5.74) is 4.78. The van der Waals surface area contributed by atoms with Crippen molar-refractivity contribution in [2.75, 3.05) is 26.2 Å². The van der Waals surface area contributed by atoms with Crippen molar-refractivity contribution in [2.24, 2.45) is 5.73 Å². The van der Waals surface area contributed by atoms with Crippen LogP contribution in [0.2, 0.25) is 0 Å². The van der Waals surface area contributed by atoms with E-state index in [0.717, 1.165) is 0 Å². The van der Waals surface area contributed by atoms with E-state index in [2.05, 4.69) is 5.32 Å². The minimum absolute atomic E-state index is 0.0972. The van der Waals surface area contributed by atoms with Crippen LogP contribution >= 0.6 is 0 Å². The van der Waals surface area contributed by atoms with Gasteiger partial charge < -0.3 is 26.4 Å². The highest BCUT2D eigenvalue weighted by atomic mass is 16.3. The van der Waals surface area contributed by atoms with Gasteiger partial charge in [-0.2, -0.15) is 0 Å². The fourth-order valence-electron chi connectivity index (χ4n) is 0.501. The van der Waals surface area contributed by atoms with Crippen molar-refractivity contribution in [1.82, 2.24) is 5.32 Å². The third-order valence-electron chi connectivity index (χ3n) is 1.01. The Labute approximate surface area is 79.6 Å². The summed E-state index contributed by atoms with van der Waals surface area (Å²) in [5.74, 6) is 0. The van der Waals surface area contributed by atoms with Crippen LogP contribution in [0.4, 0.5) is 0 Å². The number of rotatable bonds is 5. The molecule has 0 aliphatic rings. The number of aliphatic hydroxyl groups is 3. The van der Waals surface area contributed by atoms with Gasteiger partial charge in [-0.05, 0) is 13.8 Å². The van der Waals surface area contributed by atoms with Gasteiger partial charge in [-0.3, -0.25) is 0 Å². The maximum absolute atomic E-state index is 8.72. The molecule has 0 aliphatic carbocycles. The van der Waals surface area contributed by atoms with E-state index in [1.54, 1.807) is 13.8 Å². The highest BCUT2D eigenvalue weighted by molar-refractivity contribution is 4.55. The Kier molecular flexibility index (Phi) is 13.9. The fourth-order valence-corrected chi connectivity index (χ4v) is 0.501. The van der Waals surface area contributed by atoms with E-state index in [1.807, 2.05) is 0 Å². The van der Waals surface area contributed by atoms with Gasteiger partial charge in [0.1, 0.15) is 0 Å². The molecule has 2 unspecified atom stereocenters. The Balaban J connectivity index is 0. The molecule has 82 valence electrons. The summed E-state index contributed by atoms with van der Waals surface area (Å²) in [4.78, 5) is 0. The van der Waals surface area contributed by atoms with E-state index in [4.69, 9.17) is 21.1 Å².